The molecule has 4 heterocycles. The number of hydrogen-bond acceptors (Lipinski definition) is 8. The lowest BCUT2D eigenvalue weighted by molar-refractivity contribution is -0.162. The molecule has 13 heteroatoms. The summed E-state index contributed by atoms with van der Waals surface area (Å²) < 4.78 is 42.7. The first-order valence-corrected chi connectivity index (χ1v) is 13.8. The van der Waals surface area contributed by atoms with E-state index in [-0.39, 0.29) is 13.1 Å². The number of carbonyl (C=O) groups excluding carboxylic acids is 1. The number of aromatic amines is 1. The quantitative estimate of drug-likeness (QED) is 0.255. The number of carbonyl (C=O) groups is 1. The van der Waals surface area contributed by atoms with E-state index in [4.69, 9.17) is 9.72 Å². The van der Waals surface area contributed by atoms with Crippen molar-refractivity contribution in [3.63, 3.8) is 0 Å². The number of H-pyrrole nitrogens is 1. The molecule has 1 aliphatic rings. The molecule has 0 bridgehead atoms. The monoisotopic (exact) mass is 582 g/mol. The summed E-state index contributed by atoms with van der Waals surface area (Å²) in [5.41, 5.74) is 5.38. The Morgan fingerprint density at radius 1 is 1.07 bits per heavy atom. The van der Waals surface area contributed by atoms with Gasteiger partial charge in [-0.3, -0.25) is 14.7 Å². The van der Waals surface area contributed by atoms with Crippen LogP contribution in [0, 0.1) is 0 Å². The van der Waals surface area contributed by atoms with Gasteiger partial charge in [0.25, 0.3) is 0 Å². The van der Waals surface area contributed by atoms with Crippen LogP contribution in [0.3, 0.4) is 0 Å². The van der Waals surface area contributed by atoms with Gasteiger partial charge in [-0.2, -0.15) is 13.2 Å². The number of ether oxygens (including phenoxy) is 1. The number of nitrogens with zero attached hydrogens (tertiary/aromatic N) is 6. The van der Waals surface area contributed by atoms with Crippen molar-refractivity contribution in [1.29, 1.82) is 0 Å². The third kappa shape index (κ3) is 8.01. The standard InChI is InChI=1S/C29H33F3N8O2/c1-42-12-2-6-34-26-16-24(35-19-36-26)21-3-4-23-25(14-21)38-27(37-23)15-22-13-20(5-7-33-22)18-39-8-10-40(11-9-39)28(41)17-29(30,31)32/h3-5,7,13-14,16,19H,2,6,8-12,15,17-18H2,1H3,(H,37,38)(H,34,35,36). The molecular weight excluding hydrogens is 549 g/mol. The van der Waals surface area contributed by atoms with Gasteiger partial charge in [-0.1, -0.05) is 6.07 Å². The minimum Gasteiger partial charge on any atom is -0.385 e. The molecule has 3 aromatic heterocycles. The zero-order chi connectivity index (χ0) is 29.5. The van der Waals surface area contributed by atoms with Gasteiger partial charge in [0.2, 0.25) is 5.91 Å². The smallest absolute Gasteiger partial charge is 0.385 e. The maximum absolute atomic E-state index is 12.6. The Bertz CT molecular complexity index is 1500. The second-order valence-electron chi connectivity index (χ2n) is 10.3. The fraction of sp³-hybridized carbons (Fsp3) is 0.414. The number of fused-ring (bicyclic) bond motifs is 1. The molecule has 4 aromatic rings. The van der Waals surface area contributed by atoms with Gasteiger partial charge >= 0.3 is 6.18 Å². The fourth-order valence-electron chi connectivity index (χ4n) is 4.94. The Balaban J connectivity index is 1.19. The number of halogens is 3. The van der Waals surface area contributed by atoms with Crippen molar-refractivity contribution in [3.05, 3.63) is 66.0 Å². The van der Waals surface area contributed by atoms with Crippen LogP contribution in [-0.2, 0) is 22.5 Å². The van der Waals surface area contributed by atoms with Crippen molar-refractivity contribution < 1.29 is 22.7 Å². The van der Waals surface area contributed by atoms with Crippen molar-refractivity contribution >= 4 is 22.8 Å². The molecule has 1 saturated heterocycles. The van der Waals surface area contributed by atoms with Crippen molar-refractivity contribution in [1.82, 2.24) is 34.7 Å². The van der Waals surface area contributed by atoms with Crippen LogP contribution in [0.15, 0.2) is 48.9 Å². The summed E-state index contributed by atoms with van der Waals surface area (Å²) >= 11 is 0. The van der Waals surface area contributed by atoms with E-state index < -0.39 is 18.5 Å². The van der Waals surface area contributed by atoms with E-state index in [9.17, 15) is 18.0 Å². The number of anilines is 1. The average molecular weight is 583 g/mol. The number of piperazine rings is 1. The first-order chi connectivity index (χ1) is 20.3. The number of methoxy groups -OCH3 is 1. The molecule has 0 aliphatic carbocycles. The number of hydrogen-bond donors (Lipinski definition) is 2. The Morgan fingerprint density at radius 2 is 1.90 bits per heavy atom. The molecule has 2 N–H and O–H groups in total. The summed E-state index contributed by atoms with van der Waals surface area (Å²) in [6.07, 6.45) is -1.19. The van der Waals surface area contributed by atoms with Crippen LogP contribution in [0.2, 0.25) is 0 Å². The minimum atomic E-state index is -4.48. The van der Waals surface area contributed by atoms with Crippen LogP contribution in [0.1, 0.15) is 29.9 Å². The number of alkyl halides is 3. The average Bonchev–Trinajstić information content (AvgIpc) is 3.37. The van der Waals surface area contributed by atoms with Crippen LogP contribution in [0.5, 0.6) is 0 Å². The van der Waals surface area contributed by atoms with E-state index in [1.54, 1.807) is 19.6 Å². The first kappa shape index (κ1) is 29.4. The molecule has 0 saturated carbocycles. The van der Waals surface area contributed by atoms with E-state index >= 15 is 0 Å². The second-order valence-corrected chi connectivity index (χ2v) is 10.3. The highest BCUT2D eigenvalue weighted by molar-refractivity contribution is 5.81. The van der Waals surface area contributed by atoms with Crippen molar-refractivity contribution in [2.45, 2.75) is 32.0 Å². The molecular formula is C29H33F3N8O2. The Morgan fingerprint density at radius 3 is 2.69 bits per heavy atom. The van der Waals surface area contributed by atoms with Crippen molar-refractivity contribution in [3.8, 4) is 11.3 Å². The highest BCUT2D eigenvalue weighted by Crippen LogP contribution is 2.24. The summed E-state index contributed by atoms with van der Waals surface area (Å²) in [5, 5.41) is 3.29. The van der Waals surface area contributed by atoms with E-state index in [0.717, 1.165) is 58.2 Å². The number of pyridine rings is 1. The number of rotatable bonds is 11. The van der Waals surface area contributed by atoms with Gasteiger partial charge in [0.15, 0.2) is 0 Å². The van der Waals surface area contributed by atoms with E-state index in [1.807, 2.05) is 36.4 Å². The zero-order valence-electron chi connectivity index (χ0n) is 23.3. The predicted molar refractivity (Wildman–Crippen MR) is 152 cm³/mol. The molecule has 0 spiro atoms. The van der Waals surface area contributed by atoms with Crippen molar-refractivity contribution in [2.24, 2.45) is 0 Å². The molecule has 42 heavy (non-hydrogen) atoms. The number of benzene rings is 1. The Labute approximate surface area is 241 Å². The lowest BCUT2D eigenvalue weighted by Crippen LogP contribution is -2.49. The van der Waals surface area contributed by atoms with E-state index in [1.165, 1.54) is 4.90 Å². The second kappa shape index (κ2) is 13.3. The van der Waals surface area contributed by atoms with Gasteiger partial charge in [0.1, 0.15) is 24.4 Å². The van der Waals surface area contributed by atoms with Gasteiger partial charge < -0.3 is 19.9 Å². The molecule has 0 radical (unpaired) electrons. The third-order valence-electron chi connectivity index (χ3n) is 7.04. The lowest BCUT2D eigenvalue weighted by Gasteiger charge is -2.35. The lowest BCUT2D eigenvalue weighted by atomic mass is 10.1. The Kier molecular flexibility index (Phi) is 9.28. The van der Waals surface area contributed by atoms with Crippen LogP contribution < -0.4 is 5.32 Å². The SMILES string of the molecule is COCCCNc1cc(-c2ccc3nc(Cc4cc(CN5CCN(C(=O)CC(F)(F)F)CC5)ccn4)[nH]c3c2)ncn1. The summed E-state index contributed by atoms with van der Waals surface area (Å²) in [7, 11) is 1.68. The topological polar surface area (TPSA) is 112 Å². The first-order valence-electron chi connectivity index (χ1n) is 13.8. The summed E-state index contributed by atoms with van der Waals surface area (Å²) in [4.78, 5) is 36.7. The normalized spacial score (nSPS) is 14.4. The minimum absolute atomic E-state index is 0.287. The Hall–Kier alpha value is -4.10. The maximum Gasteiger partial charge on any atom is 0.397 e. The maximum atomic E-state index is 12.6. The van der Waals surface area contributed by atoms with Gasteiger partial charge in [-0.15, -0.1) is 0 Å². The number of imidazole rings is 1. The zero-order valence-corrected chi connectivity index (χ0v) is 23.3. The molecule has 1 fully saturated rings. The number of nitrogens with one attached hydrogen (secondary N) is 2. The van der Waals surface area contributed by atoms with Gasteiger partial charge in [0, 0.05) is 82.9 Å². The number of aromatic nitrogens is 5. The van der Waals surface area contributed by atoms with Crippen LogP contribution >= 0.6 is 0 Å². The largest absolute Gasteiger partial charge is 0.397 e. The molecule has 1 aromatic carbocycles. The van der Waals surface area contributed by atoms with E-state index in [0.29, 0.717) is 32.7 Å². The van der Waals surface area contributed by atoms with Crippen LogP contribution in [-0.4, -0.2) is 93.2 Å². The summed E-state index contributed by atoms with van der Waals surface area (Å²) in [5.74, 6) is 0.676. The molecule has 1 aliphatic heterocycles. The molecule has 10 nitrogen and oxygen atoms in total. The van der Waals surface area contributed by atoms with Gasteiger partial charge in [0.05, 0.1) is 16.7 Å². The fourth-order valence-corrected chi connectivity index (χ4v) is 4.94. The van der Waals surface area contributed by atoms with Crippen LogP contribution in [0.25, 0.3) is 22.3 Å². The molecule has 0 unspecified atom stereocenters. The molecule has 222 valence electrons. The highest BCUT2D eigenvalue weighted by Gasteiger charge is 2.34. The third-order valence-corrected chi connectivity index (χ3v) is 7.04. The molecule has 5 rings (SSSR count). The van der Waals surface area contributed by atoms with E-state index in [2.05, 4.69) is 30.2 Å². The van der Waals surface area contributed by atoms with Gasteiger partial charge in [-0.05, 0) is 36.2 Å². The van der Waals surface area contributed by atoms with Gasteiger partial charge in [-0.25, -0.2) is 15.0 Å². The predicted octanol–water partition coefficient (Wildman–Crippen LogP) is 4.05. The number of amides is 1. The molecule has 1 amide bonds. The van der Waals surface area contributed by atoms with Crippen LogP contribution in [0.4, 0.5) is 19.0 Å². The highest BCUT2D eigenvalue weighted by atomic mass is 19.4. The summed E-state index contributed by atoms with van der Waals surface area (Å²) in [6, 6.07) is 11.8. The molecule has 0 atom stereocenters. The summed E-state index contributed by atoms with van der Waals surface area (Å²) in [6.45, 7) is 3.68. The van der Waals surface area contributed by atoms with Crippen molar-refractivity contribution in [2.75, 3.05) is 51.8 Å².